The Kier molecular flexibility index (Phi) is 9.91. The average Bonchev–Trinajstić information content (AvgIpc) is 2.78. The molecule has 1 aromatic heterocycles. The molecule has 0 saturated heterocycles. The molecule has 4 N–H and O–H groups in total. The van der Waals surface area contributed by atoms with E-state index in [9.17, 15) is 28.1 Å². The number of amides is 2. The van der Waals surface area contributed by atoms with Gasteiger partial charge in [-0.1, -0.05) is 30.3 Å². The van der Waals surface area contributed by atoms with Crippen molar-refractivity contribution in [2.45, 2.75) is 31.2 Å². The molecule has 1 unspecified atom stereocenters. The van der Waals surface area contributed by atoms with E-state index in [1.54, 1.807) is 0 Å². The van der Waals surface area contributed by atoms with E-state index >= 15 is 0 Å². The summed E-state index contributed by atoms with van der Waals surface area (Å²) in [6.45, 7) is 0. The minimum absolute atomic E-state index is 0.0980. The molecule has 1 aromatic carbocycles. The number of nitrogens with zero attached hydrogens (tertiary/aromatic N) is 3. The maximum Gasteiger partial charge on any atom is 0.475 e. The highest BCUT2D eigenvalue weighted by Crippen LogP contribution is 2.08. The number of sulfonamides is 1. The fourth-order valence-electron chi connectivity index (χ4n) is 2.94. The van der Waals surface area contributed by atoms with Gasteiger partial charge in [0.05, 0.1) is 17.9 Å². The van der Waals surface area contributed by atoms with Crippen LogP contribution in [0.1, 0.15) is 28.9 Å². The molecule has 0 bridgehead atoms. The predicted octanol–water partition coefficient (Wildman–Crippen LogP) is -1.01. The Morgan fingerprint density at radius 1 is 1.12 bits per heavy atom. The number of benzene rings is 1. The molecule has 2 rings (SSSR count). The fourth-order valence-corrected chi connectivity index (χ4v) is 3.90. The van der Waals surface area contributed by atoms with E-state index in [-0.39, 0.29) is 12.1 Å². The van der Waals surface area contributed by atoms with Gasteiger partial charge in [0.2, 0.25) is 15.9 Å². The number of aromatic nitrogens is 2. The van der Waals surface area contributed by atoms with Crippen molar-refractivity contribution in [3.8, 4) is 0 Å². The third kappa shape index (κ3) is 8.53. The van der Waals surface area contributed by atoms with Crippen LogP contribution in [0.25, 0.3) is 0 Å². The van der Waals surface area contributed by atoms with Gasteiger partial charge in [-0.25, -0.2) is 17.7 Å². The van der Waals surface area contributed by atoms with E-state index in [4.69, 9.17) is 0 Å². The van der Waals surface area contributed by atoms with Crippen LogP contribution in [0.15, 0.2) is 48.9 Å². The Labute approximate surface area is 193 Å². The van der Waals surface area contributed by atoms with Gasteiger partial charge in [0.15, 0.2) is 0 Å². The zero-order valence-corrected chi connectivity index (χ0v) is 19.3. The van der Waals surface area contributed by atoms with Crippen molar-refractivity contribution < 1.29 is 28.1 Å². The summed E-state index contributed by atoms with van der Waals surface area (Å²) in [5.74, 6) is -3.44. The van der Waals surface area contributed by atoms with Crippen molar-refractivity contribution in [2.75, 3.05) is 19.8 Å². The molecule has 0 aliphatic carbocycles. The van der Waals surface area contributed by atoms with Gasteiger partial charge in [0.1, 0.15) is 11.7 Å². The molecular formula is C20H28BN5O6S. The monoisotopic (exact) mass is 477 g/mol. The normalized spacial score (nSPS) is 13.2. The predicted molar refractivity (Wildman–Crippen MR) is 122 cm³/mol. The van der Waals surface area contributed by atoms with E-state index in [2.05, 4.69) is 20.6 Å². The number of aryl methyl sites for hydroxylation is 1. The summed E-state index contributed by atoms with van der Waals surface area (Å²) in [4.78, 5) is 33.0. The smallest absolute Gasteiger partial charge is 0.426 e. The first-order valence-electron chi connectivity index (χ1n) is 10.3. The van der Waals surface area contributed by atoms with Gasteiger partial charge in [-0.2, -0.15) is 0 Å². The van der Waals surface area contributed by atoms with Crippen LogP contribution in [0.3, 0.4) is 0 Å². The van der Waals surface area contributed by atoms with E-state index in [1.807, 2.05) is 30.3 Å². The van der Waals surface area contributed by atoms with E-state index < -0.39 is 46.7 Å². The van der Waals surface area contributed by atoms with Crippen molar-refractivity contribution >= 4 is 29.0 Å². The molecule has 0 saturated carbocycles. The van der Waals surface area contributed by atoms with Crippen molar-refractivity contribution in [1.82, 2.24) is 24.9 Å². The first kappa shape index (κ1) is 26.4. The first-order chi connectivity index (χ1) is 15.6. The molecule has 2 aromatic rings. The zero-order chi connectivity index (χ0) is 24.4. The van der Waals surface area contributed by atoms with E-state index in [1.165, 1.54) is 32.7 Å². The van der Waals surface area contributed by atoms with Crippen LogP contribution in [0, 0.1) is 0 Å². The topological polar surface area (TPSA) is 162 Å². The molecule has 0 fully saturated rings. The lowest BCUT2D eigenvalue weighted by molar-refractivity contribution is -0.123. The summed E-state index contributed by atoms with van der Waals surface area (Å²) in [7, 11) is -3.14. The number of rotatable bonds is 12. The summed E-state index contributed by atoms with van der Waals surface area (Å²) in [6.07, 6.45) is 5.24. The fraction of sp³-hybridized carbons (Fsp3) is 0.400. The quantitative estimate of drug-likeness (QED) is 0.283. The molecule has 178 valence electrons. The van der Waals surface area contributed by atoms with Gasteiger partial charge in [-0.15, -0.1) is 0 Å². The van der Waals surface area contributed by atoms with Crippen LogP contribution < -0.4 is 10.6 Å². The molecule has 0 aliphatic heterocycles. The first-order valence-corrected chi connectivity index (χ1v) is 11.9. The molecule has 0 radical (unpaired) electrons. The lowest BCUT2D eigenvalue weighted by atomic mass is 9.76. The highest BCUT2D eigenvalue weighted by atomic mass is 32.2. The Hall–Kier alpha value is -2.87. The number of carbonyl (C=O) groups excluding carboxylic acids is 2. The van der Waals surface area contributed by atoms with Crippen molar-refractivity contribution in [3.63, 3.8) is 0 Å². The lowest BCUT2D eigenvalue weighted by Crippen LogP contribution is -2.56. The standard InChI is InChI=1S/C20H28BN5O6S/c1-26(2)33(31,32)14-17(24-19(27)16-13-22-11-12-23-16)20(28)25-18(21(29)30)10-6-9-15-7-4-3-5-8-15/h3-5,7-8,11-13,17-18,29-30H,6,9-10,14H2,1-2H3,(H,24,27)(H,25,28)/t17?,18-/m0/s1. The molecule has 0 aliphatic rings. The van der Waals surface area contributed by atoms with Gasteiger partial charge >= 0.3 is 7.12 Å². The summed E-state index contributed by atoms with van der Waals surface area (Å²) in [6, 6.07) is 8.06. The zero-order valence-electron chi connectivity index (χ0n) is 18.5. The molecule has 0 spiro atoms. The molecular weight excluding hydrogens is 449 g/mol. The second kappa shape index (κ2) is 12.4. The van der Waals surface area contributed by atoms with Gasteiger partial charge in [-0.05, 0) is 24.8 Å². The number of hydrogen-bond donors (Lipinski definition) is 4. The maximum absolute atomic E-state index is 12.9. The van der Waals surface area contributed by atoms with Crippen molar-refractivity contribution in [2.24, 2.45) is 0 Å². The average molecular weight is 477 g/mol. The molecule has 2 atom stereocenters. The Morgan fingerprint density at radius 2 is 1.82 bits per heavy atom. The maximum atomic E-state index is 12.9. The van der Waals surface area contributed by atoms with Crippen molar-refractivity contribution in [3.05, 3.63) is 60.2 Å². The molecule has 13 heteroatoms. The summed E-state index contributed by atoms with van der Waals surface area (Å²) < 4.78 is 25.7. The second-order valence-corrected chi connectivity index (χ2v) is 9.81. The Balaban J connectivity index is 2.10. The van der Waals surface area contributed by atoms with E-state index in [0.29, 0.717) is 12.8 Å². The van der Waals surface area contributed by atoms with Crippen LogP contribution in [-0.2, 0) is 21.2 Å². The molecule has 2 amide bonds. The minimum atomic E-state index is -3.88. The third-order valence-electron chi connectivity index (χ3n) is 4.86. The third-order valence-corrected chi connectivity index (χ3v) is 6.73. The summed E-state index contributed by atoms with van der Waals surface area (Å²) in [5.41, 5.74) is 0.959. The van der Waals surface area contributed by atoms with Crippen LogP contribution >= 0.6 is 0 Å². The molecule has 33 heavy (non-hydrogen) atoms. The molecule has 11 nitrogen and oxygen atoms in total. The van der Waals surface area contributed by atoms with Crippen LogP contribution in [0.4, 0.5) is 0 Å². The van der Waals surface area contributed by atoms with Crippen LogP contribution in [-0.4, -0.2) is 83.5 Å². The molecule has 1 heterocycles. The highest BCUT2D eigenvalue weighted by molar-refractivity contribution is 7.89. The summed E-state index contributed by atoms with van der Waals surface area (Å²) in [5, 5.41) is 24.3. The Morgan fingerprint density at radius 3 is 2.39 bits per heavy atom. The largest absolute Gasteiger partial charge is 0.475 e. The van der Waals surface area contributed by atoms with Gasteiger partial charge in [-0.3, -0.25) is 14.6 Å². The second-order valence-electron chi connectivity index (χ2n) is 7.58. The van der Waals surface area contributed by atoms with Crippen LogP contribution in [0.5, 0.6) is 0 Å². The number of carbonyl (C=O) groups is 2. The minimum Gasteiger partial charge on any atom is -0.426 e. The van der Waals surface area contributed by atoms with Crippen molar-refractivity contribution in [1.29, 1.82) is 0 Å². The van der Waals surface area contributed by atoms with Gasteiger partial charge in [0, 0.05) is 26.5 Å². The van der Waals surface area contributed by atoms with Gasteiger partial charge < -0.3 is 20.7 Å². The lowest BCUT2D eigenvalue weighted by Gasteiger charge is -2.24. The Bertz CT molecular complexity index is 1010. The summed E-state index contributed by atoms with van der Waals surface area (Å²) >= 11 is 0. The van der Waals surface area contributed by atoms with E-state index in [0.717, 1.165) is 9.87 Å². The van der Waals surface area contributed by atoms with Gasteiger partial charge in [0.25, 0.3) is 5.91 Å². The SMILES string of the molecule is CN(C)S(=O)(=O)CC(NC(=O)c1cnccn1)C(=O)N[C@@H](CCCc1ccccc1)B(O)O. The highest BCUT2D eigenvalue weighted by Gasteiger charge is 2.33. The number of nitrogens with one attached hydrogen (secondary N) is 2. The number of hydrogen-bond acceptors (Lipinski definition) is 8. The van der Waals surface area contributed by atoms with Crippen LogP contribution in [0.2, 0.25) is 0 Å².